The second kappa shape index (κ2) is 4.14. The van der Waals surface area contributed by atoms with Gasteiger partial charge in [0.1, 0.15) is 5.82 Å². The van der Waals surface area contributed by atoms with Gasteiger partial charge in [0.25, 0.3) is 0 Å². The van der Waals surface area contributed by atoms with E-state index in [9.17, 15) is 9.18 Å². The first kappa shape index (κ1) is 9.86. The molecule has 0 aliphatic rings. The molecule has 0 heterocycles. The number of hydrogen-bond donors (Lipinski definition) is 1. The minimum Gasteiger partial charge on any atom is -0.307 e. The van der Waals surface area contributed by atoms with E-state index in [4.69, 9.17) is 0 Å². The van der Waals surface area contributed by atoms with Crippen LogP contribution < -0.4 is 5.32 Å². The van der Waals surface area contributed by atoms with Gasteiger partial charge < -0.3 is 5.32 Å². The number of Topliss-reactive ketones (excluding diaryl/α,β-unsaturated/α-hetero) is 1. The number of halogens is 1. The van der Waals surface area contributed by atoms with Gasteiger partial charge in [0, 0.05) is 5.56 Å². The van der Waals surface area contributed by atoms with Crippen LogP contribution in [0.25, 0.3) is 0 Å². The zero-order chi connectivity index (χ0) is 9.84. The van der Waals surface area contributed by atoms with Gasteiger partial charge in [-0.25, -0.2) is 4.39 Å². The van der Waals surface area contributed by atoms with Gasteiger partial charge in [0.05, 0.1) is 6.04 Å². The van der Waals surface area contributed by atoms with Crippen molar-refractivity contribution in [2.45, 2.75) is 13.0 Å². The van der Waals surface area contributed by atoms with Crippen molar-refractivity contribution in [3.8, 4) is 0 Å². The summed E-state index contributed by atoms with van der Waals surface area (Å²) in [6.45, 7) is 1.44. The van der Waals surface area contributed by atoms with Gasteiger partial charge in [-0.3, -0.25) is 4.79 Å². The largest absolute Gasteiger partial charge is 0.307 e. The first-order chi connectivity index (χ1) is 6.16. The van der Waals surface area contributed by atoms with E-state index >= 15 is 0 Å². The molecule has 0 aliphatic heterocycles. The van der Waals surface area contributed by atoms with Gasteiger partial charge in [-0.2, -0.15) is 0 Å². The van der Waals surface area contributed by atoms with Crippen LogP contribution >= 0.6 is 0 Å². The maximum absolute atomic E-state index is 13.2. The molecule has 1 rings (SSSR count). The van der Waals surface area contributed by atoms with Crippen LogP contribution in [-0.4, -0.2) is 12.8 Å². The second-order valence-electron chi connectivity index (χ2n) is 2.85. The van der Waals surface area contributed by atoms with Crippen molar-refractivity contribution in [1.82, 2.24) is 5.32 Å². The second-order valence-corrected chi connectivity index (χ2v) is 2.85. The standard InChI is InChI=1S/C10H12FNO/c1-7(13)10(12-2)8-5-3-4-6-9(8)11/h3-6,10,12H,1-2H3. The van der Waals surface area contributed by atoms with E-state index in [2.05, 4.69) is 5.32 Å². The molecule has 1 aromatic carbocycles. The van der Waals surface area contributed by atoms with E-state index in [1.165, 1.54) is 13.0 Å². The molecule has 13 heavy (non-hydrogen) atoms. The number of carbonyl (C=O) groups excluding carboxylic acids is 1. The van der Waals surface area contributed by atoms with E-state index in [0.29, 0.717) is 5.56 Å². The fourth-order valence-electron chi connectivity index (χ4n) is 1.29. The fraction of sp³-hybridized carbons (Fsp3) is 0.300. The van der Waals surface area contributed by atoms with E-state index < -0.39 is 6.04 Å². The molecule has 70 valence electrons. The molecule has 0 radical (unpaired) electrons. The number of benzene rings is 1. The van der Waals surface area contributed by atoms with Crippen molar-refractivity contribution in [2.24, 2.45) is 0 Å². The molecule has 0 aliphatic carbocycles. The maximum atomic E-state index is 13.2. The van der Waals surface area contributed by atoms with Crippen LogP contribution in [0.1, 0.15) is 18.5 Å². The smallest absolute Gasteiger partial charge is 0.151 e. The van der Waals surface area contributed by atoms with Crippen LogP contribution in [0.15, 0.2) is 24.3 Å². The van der Waals surface area contributed by atoms with E-state index in [1.807, 2.05) is 0 Å². The van der Waals surface area contributed by atoms with Crippen LogP contribution in [0, 0.1) is 5.82 Å². The molecule has 0 saturated heterocycles. The lowest BCUT2D eigenvalue weighted by atomic mass is 10.0. The Balaban J connectivity index is 3.04. The van der Waals surface area contributed by atoms with Crippen LogP contribution in [0.5, 0.6) is 0 Å². The number of carbonyl (C=O) groups is 1. The Kier molecular flexibility index (Phi) is 3.14. The molecule has 2 nitrogen and oxygen atoms in total. The Hall–Kier alpha value is -1.22. The normalized spacial score (nSPS) is 12.5. The van der Waals surface area contributed by atoms with Crippen molar-refractivity contribution < 1.29 is 9.18 Å². The molecular formula is C10H12FNO. The highest BCUT2D eigenvalue weighted by Gasteiger charge is 2.17. The summed E-state index contributed by atoms with van der Waals surface area (Å²) < 4.78 is 13.2. The van der Waals surface area contributed by atoms with Crippen molar-refractivity contribution in [2.75, 3.05) is 7.05 Å². The SMILES string of the molecule is CNC(C(C)=O)c1ccccc1F. The topological polar surface area (TPSA) is 29.1 Å². The fourth-order valence-corrected chi connectivity index (χ4v) is 1.29. The van der Waals surface area contributed by atoms with Crippen LogP contribution in [0.4, 0.5) is 4.39 Å². The third-order valence-corrected chi connectivity index (χ3v) is 1.91. The quantitative estimate of drug-likeness (QED) is 0.768. The average Bonchev–Trinajstić information content (AvgIpc) is 2.09. The third kappa shape index (κ3) is 2.12. The number of nitrogens with one attached hydrogen (secondary N) is 1. The number of ketones is 1. The number of likely N-dealkylation sites (N-methyl/N-ethyl adjacent to an activating group) is 1. The summed E-state index contributed by atoms with van der Waals surface area (Å²) >= 11 is 0. The Labute approximate surface area is 76.8 Å². The Morgan fingerprint density at radius 3 is 2.54 bits per heavy atom. The summed E-state index contributed by atoms with van der Waals surface area (Å²) in [5, 5.41) is 2.77. The monoisotopic (exact) mass is 181 g/mol. The first-order valence-electron chi connectivity index (χ1n) is 4.09. The van der Waals surface area contributed by atoms with E-state index in [-0.39, 0.29) is 11.6 Å². The van der Waals surface area contributed by atoms with Crippen molar-refractivity contribution in [3.63, 3.8) is 0 Å². The lowest BCUT2D eigenvalue weighted by Crippen LogP contribution is -2.24. The highest BCUT2D eigenvalue weighted by Crippen LogP contribution is 2.16. The predicted molar refractivity (Wildman–Crippen MR) is 48.9 cm³/mol. The summed E-state index contributed by atoms with van der Waals surface area (Å²) in [4.78, 5) is 11.1. The summed E-state index contributed by atoms with van der Waals surface area (Å²) in [6, 6.07) is 5.74. The molecule has 1 atom stereocenters. The highest BCUT2D eigenvalue weighted by molar-refractivity contribution is 5.82. The molecule has 1 unspecified atom stereocenters. The number of rotatable bonds is 3. The van der Waals surface area contributed by atoms with Crippen LogP contribution in [0.2, 0.25) is 0 Å². The Morgan fingerprint density at radius 2 is 2.08 bits per heavy atom. The zero-order valence-electron chi connectivity index (χ0n) is 7.67. The highest BCUT2D eigenvalue weighted by atomic mass is 19.1. The minimum absolute atomic E-state index is 0.0902. The Morgan fingerprint density at radius 1 is 1.46 bits per heavy atom. The summed E-state index contributed by atoms with van der Waals surface area (Å²) in [7, 11) is 1.64. The molecule has 1 N–H and O–H groups in total. The zero-order valence-corrected chi connectivity index (χ0v) is 7.67. The molecule has 0 fully saturated rings. The maximum Gasteiger partial charge on any atom is 0.151 e. The molecule has 1 aromatic rings. The minimum atomic E-state index is -0.541. The lowest BCUT2D eigenvalue weighted by Gasteiger charge is -2.13. The van der Waals surface area contributed by atoms with Crippen LogP contribution in [-0.2, 0) is 4.79 Å². The molecule has 3 heteroatoms. The van der Waals surface area contributed by atoms with Gasteiger partial charge >= 0.3 is 0 Å². The average molecular weight is 181 g/mol. The van der Waals surface area contributed by atoms with Crippen molar-refractivity contribution in [3.05, 3.63) is 35.6 Å². The number of hydrogen-bond acceptors (Lipinski definition) is 2. The van der Waals surface area contributed by atoms with Crippen molar-refractivity contribution >= 4 is 5.78 Å². The van der Waals surface area contributed by atoms with Crippen LogP contribution in [0.3, 0.4) is 0 Å². The molecule has 0 bridgehead atoms. The van der Waals surface area contributed by atoms with E-state index in [1.54, 1.807) is 25.2 Å². The first-order valence-corrected chi connectivity index (χ1v) is 4.09. The van der Waals surface area contributed by atoms with Gasteiger partial charge in [0.15, 0.2) is 5.78 Å². The molecule has 0 amide bonds. The summed E-state index contributed by atoms with van der Waals surface area (Å²) in [5.74, 6) is -0.440. The predicted octanol–water partition coefficient (Wildman–Crippen LogP) is 1.68. The van der Waals surface area contributed by atoms with E-state index in [0.717, 1.165) is 0 Å². The van der Waals surface area contributed by atoms with Gasteiger partial charge in [-0.15, -0.1) is 0 Å². The Bertz CT molecular complexity index is 312. The van der Waals surface area contributed by atoms with Crippen molar-refractivity contribution in [1.29, 1.82) is 0 Å². The van der Waals surface area contributed by atoms with Gasteiger partial charge in [-0.05, 0) is 20.0 Å². The van der Waals surface area contributed by atoms with Gasteiger partial charge in [0.2, 0.25) is 0 Å². The summed E-state index contributed by atoms with van der Waals surface area (Å²) in [6.07, 6.45) is 0. The summed E-state index contributed by atoms with van der Waals surface area (Å²) in [5.41, 5.74) is 0.400. The third-order valence-electron chi connectivity index (χ3n) is 1.91. The molecule has 0 saturated carbocycles. The molecule has 0 spiro atoms. The molecule has 0 aromatic heterocycles. The lowest BCUT2D eigenvalue weighted by molar-refractivity contribution is -0.119. The van der Waals surface area contributed by atoms with Gasteiger partial charge in [-0.1, -0.05) is 18.2 Å². The molecular weight excluding hydrogens is 169 g/mol.